The first kappa shape index (κ1) is 12.7. The van der Waals surface area contributed by atoms with Crippen LogP contribution in [-0.4, -0.2) is 13.9 Å². The Balaban J connectivity index is 2.86. The Bertz CT molecular complexity index is 289. The Morgan fingerprint density at radius 2 is 1.80 bits per heavy atom. The molecule has 1 unspecified atom stereocenters. The average molecular weight is 224 g/mol. The molecule has 0 aliphatic heterocycles. The Labute approximate surface area is 95.0 Å². The topological polar surface area (TPSA) is 17.1 Å². The zero-order valence-electron chi connectivity index (χ0n) is 11.0. The number of ketones is 1. The molecular formula is C13H24OSi. The van der Waals surface area contributed by atoms with Crippen molar-refractivity contribution in [2.45, 2.75) is 53.3 Å². The van der Waals surface area contributed by atoms with Gasteiger partial charge in [-0.05, 0) is 23.0 Å². The molecule has 0 saturated heterocycles. The third kappa shape index (κ3) is 3.04. The van der Waals surface area contributed by atoms with Crippen molar-refractivity contribution in [1.82, 2.24) is 0 Å². The first-order valence-corrected chi connectivity index (χ1v) is 9.36. The normalized spacial score (nSPS) is 24.0. The highest BCUT2D eigenvalue weighted by Gasteiger charge is 2.34. The van der Waals surface area contributed by atoms with Crippen LogP contribution in [0.3, 0.4) is 0 Å². The lowest BCUT2D eigenvalue weighted by atomic mass is 9.74. The van der Waals surface area contributed by atoms with Crippen LogP contribution in [0.5, 0.6) is 0 Å². The van der Waals surface area contributed by atoms with Gasteiger partial charge in [-0.15, -0.1) is 0 Å². The van der Waals surface area contributed by atoms with Gasteiger partial charge in [-0.3, -0.25) is 4.79 Å². The molecule has 0 aromatic carbocycles. The number of hydrogen-bond acceptors (Lipinski definition) is 1. The number of allylic oxidation sites excluding steroid dienone is 2. The molecule has 0 aromatic rings. The number of carbonyl (C=O) groups excluding carboxylic acids is 1. The van der Waals surface area contributed by atoms with E-state index in [4.69, 9.17) is 0 Å². The van der Waals surface area contributed by atoms with Crippen molar-refractivity contribution in [3.63, 3.8) is 0 Å². The monoisotopic (exact) mass is 224 g/mol. The van der Waals surface area contributed by atoms with Gasteiger partial charge in [-0.25, -0.2) is 0 Å². The molecule has 0 aromatic heterocycles. The Morgan fingerprint density at radius 3 is 2.13 bits per heavy atom. The lowest BCUT2D eigenvalue weighted by Crippen LogP contribution is -2.35. The summed E-state index contributed by atoms with van der Waals surface area (Å²) >= 11 is 0. The summed E-state index contributed by atoms with van der Waals surface area (Å²) in [6, 6.07) is 0. The molecule has 15 heavy (non-hydrogen) atoms. The molecule has 0 bridgehead atoms. The molecule has 0 saturated carbocycles. The van der Waals surface area contributed by atoms with Crippen LogP contribution in [0, 0.1) is 11.3 Å². The van der Waals surface area contributed by atoms with E-state index in [0.29, 0.717) is 11.7 Å². The average Bonchev–Trinajstić information content (AvgIpc) is 1.99. The minimum atomic E-state index is -1.40. The van der Waals surface area contributed by atoms with E-state index in [2.05, 4.69) is 46.5 Å². The summed E-state index contributed by atoms with van der Waals surface area (Å²) in [5.41, 5.74) is 0.261. The lowest BCUT2D eigenvalue weighted by Gasteiger charge is -2.34. The van der Waals surface area contributed by atoms with Gasteiger partial charge in [-0.2, -0.15) is 0 Å². The van der Waals surface area contributed by atoms with Crippen molar-refractivity contribution >= 4 is 13.9 Å². The second-order valence-corrected chi connectivity index (χ2v) is 11.8. The second-order valence-electron chi connectivity index (χ2n) is 6.79. The van der Waals surface area contributed by atoms with Crippen molar-refractivity contribution in [3.8, 4) is 0 Å². The van der Waals surface area contributed by atoms with Crippen LogP contribution in [0.2, 0.25) is 19.6 Å². The zero-order chi connectivity index (χ0) is 11.9. The maximum absolute atomic E-state index is 12.1. The summed E-state index contributed by atoms with van der Waals surface area (Å²) in [5, 5.41) is 1.17. The van der Waals surface area contributed by atoms with Crippen LogP contribution in [0.4, 0.5) is 0 Å². The number of hydrogen-bond donors (Lipinski definition) is 0. The SMILES string of the molecule is CC(C)(C)C1CC=C([Si](C)(C)C)C(=O)C1. The highest BCUT2D eigenvalue weighted by Crippen LogP contribution is 2.37. The van der Waals surface area contributed by atoms with Crippen LogP contribution in [-0.2, 0) is 4.79 Å². The van der Waals surface area contributed by atoms with E-state index in [0.717, 1.165) is 12.8 Å². The molecular weight excluding hydrogens is 200 g/mol. The standard InChI is InChI=1S/C13H24OSi/c1-13(2,3)10-7-8-12(11(14)9-10)15(4,5)6/h8,10H,7,9H2,1-6H3. The van der Waals surface area contributed by atoms with Crippen molar-refractivity contribution in [3.05, 3.63) is 11.3 Å². The van der Waals surface area contributed by atoms with E-state index < -0.39 is 8.07 Å². The molecule has 86 valence electrons. The largest absolute Gasteiger partial charge is 0.295 e. The number of Topliss-reactive ketones (excluding diaryl/α,β-unsaturated/α-hetero) is 1. The van der Waals surface area contributed by atoms with Crippen LogP contribution >= 0.6 is 0 Å². The summed E-state index contributed by atoms with van der Waals surface area (Å²) in [6.45, 7) is 13.5. The second kappa shape index (κ2) is 3.89. The van der Waals surface area contributed by atoms with Gasteiger partial charge < -0.3 is 0 Å². The van der Waals surface area contributed by atoms with Crippen LogP contribution in [0.1, 0.15) is 33.6 Å². The third-order valence-electron chi connectivity index (χ3n) is 3.37. The molecule has 2 heteroatoms. The predicted molar refractivity (Wildman–Crippen MR) is 68.6 cm³/mol. The van der Waals surface area contributed by atoms with E-state index in [1.54, 1.807) is 0 Å². The molecule has 0 amide bonds. The molecule has 1 nitrogen and oxygen atoms in total. The first-order valence-electron chi connectivity index (χ1n) is 5.86. The van der Waals surface area contributed by atoms with Crippen molar-refractivity contribution in [1.29, 1.82) is 0 Å². The van der Waals surface area contributed by atoms with Crippen LogP contribution in [0.25, 0.3) is 0 Å². The van der Waals surface area contributed by atoms with Gasteiger partial charge in [-0.1, -0.05) is 46.5 Å². The number of carbonyl (C=O) groups is 1. The third-order valence-corrected chi connectivity index (χ3v) is 5.47. The van der Waals surface area contributed by atoms with E-state index in [-0.39, 0.29) is 5.41 Å². The fraction of sp³-hybridized carbons (Fsp3) is 0.769. The van der Waals surface area contributed by atoms with Crippen LogP contribution < -0.4 is 0 Å². The van der Waals surface area contributed by atoms with Gasteiger partial charge in [0.25, 0.3) is 0 Å². The predicted octanol–water partition coefficient (Wildman–Crippen LogP) is 3.82. The first-order chi connectivity index (χ1) is 6.62. The molecule has 1 aliphatic carbocycles. The van der Waals surface area contributed by atoms with Crippen molar-refractivity contribution in [2.75, 3.05) is 0 Å². The fourth-order valence-electron chi connectivity index (χ4n) is 2.18. The molecule has 1 atom stereocenters. The lowest BCUT2D eigenvalue weighted by molar-refractivity contribution is -0.117. The van der Waals surface area contributed by atoms with Gasteiger partial charge >= 0.3 is 0 Å². The smallest absolute Gasteiger partial charge is 0.154 e. The van der Waals surface area contributed by atoms with Gasteiger partial charge in [0.15, 0.2) is 5.78 Å². The van der Waals surface area contributed by atoms with E-state index in [1.807, 2.05) is 0 Å². The number of rotatable bonds is 1. The maximum atomic E-state index is 12.1. The van der Waals surface area contributed by atoms with E-state index in [1.165, 1.54) is 5.20 Å². The molecule has 1 aliphatic rings. The maximum Gasteiger partial charge on any atom is 0.154 e. The summed E-state index contributed by atoms with van der Waals surface area (Å²) in [7, 11) is -1.40. The minimum Gasteiger partial charge on any atom is -0.295 e. The van der Waals surface area contributed by atoms with Gasteiger partial charge in [0.2, 0.25) is 0 Å². The molecule has 0 heterocycles. The molecule has 0 spiro atoms. The summed E-state index contributed by atoms with van der Waals surface area (Å²) in [4.78, 5) is 12.1. The highest BCUT2D eigenvalue weighted by molar-refractivity contribution is 6.87. The Hall–Kier alpha value is -0.373. The van der Waals surface area contributed by atoms with Crippen LogP contribution in [0.15, 0.2) is 11.3 Å². The molecule has 1 rings (SSSR count). The Morgan fingerprint density at radius 1 is 1.27 bits per heavy atom. The molecule has 0 radical (unpaired) electrons. The van der Waals surface area contributed by atoms with Gasteiger partial charge in [0, 0.05) is 6.42 Å². The van der Waals surface area contributed by atoms with E-state index >= 15 is 0 Å². The van der Waals surface area contributed by atoms with E-state index in [9.17, 15) is 4.79 Å². The fourth-order valence-corrected chi connectivity index (χ4v) is 3.84. The summed E-state index contributed by atoms with van der Waals surface area (Å²) in [6.07, 6.45) is 4.09. The molecule has 0 fully saturated rings. The van der Waals surface area contributed by atoms with Gasteiger partial charge in [0.05, 0.1) is 8.07 Å². The van der Waals surface area contributed by atoms with Gasteiger partial charge in [0.1, 0.15) is 0 Å². The summed E-state index contributed by atoms with van der Waals surface area (Å²) < 4.78 is 0. The highest BCUT2D eigenvalue weighted by atomic mass is 28.3. The zero-order valence-corrected chi connectivity index (χ0v) is 12.0. The summed E-state index contributed by atoms with van der Waals surface area (Å²) in [5.74, 6) is 0.949. The quantitative estimate of drug-likeness (QED) is 0.619. The Kier molecular flexibility index (Phi) is 3.29. The van der Waals surface area contributed by atoms with Crippen molar-refractivity contribution in [2.24, 2.45) is 11.3 Å². The molecule has 0 N–H and O–H groups in total. The van der Waals surface area contributed by atoms with Crippen molar-refractivity contribution < 1.29 is 4.79 Å². The minimum absolute atomic E-state index is 0.261.